The molecule has 0 unspecified atom stereocenters. The molecule has 0 aliphatic rings. The quantitative estimate of drug-likeness (QED) is 0.546. The number of amides is 1. The van der Waals surface area contributed by atoms with Gasteiger partial charge in [0.25, 0.3) is 5.91 Å². The van der Waals surface area contributed by atoms with E-state index in [2.05, 4.69) is 10.0 Å². The van der Waals surface area contributed by atoms with Crippen molar-refractivity contribution in [2.75, 3.05) is 11.9 Å². The highest BCUT2D eigenvalue weighted by molar-refractivity contribution is 7.89. The van der Waals surface area contributed by atoms with Crippen LogP contribution in [0.25, 0.3) is 0 Å². The molecule has 0 aromatic heterocycles. The van der Waals surface area contributed by atoms with Crippen molar-refractivity contribution >= 4 is 33.2 Å². The molecule has 0 fully saturated rings. The Kier molecular flexibility index (Phi) is 7.10. The molecule has 2 N–H and O–H groups in total. The van der Waals surface area contributed by atoms with Gasteiger partial charge in [-0.2, -0.15) is 0 Å². The van der Waals surface area contributed by atoms with E-state index in [1.54, 1.807) is 31.2 Å². The summed E-state index contributed by atoms with van der Waals surface area (Å²) in [6.45, 7) is 1.69. The van der Waals surface area contributed by atoms with Crippen molar-refractivity contribution in [1.82, 2.24) is 4.72 Å². The summed E-state index contributed by atoms with van der Waals surface area (Å²) in [6, 6.07) is 20.6. The number of ether oxygens (including phenoxy) is 1. The fourth-order valence-electron chi connectivity index (χ4n) is 2.70. The number of rotatable bonds is 8. The minimum absolute atomic E-state index is 0.129. The van der Waals surface area contributed by atoms with E-state index >= 15 is 0 Å². The molecule has 0 spiro atoms. The van der Waals surface area contributed by atoms with Crippen LogP contribution in [0.5, 0.6) is 5.75 Å². The van der Waals surface area contributed by atoms with Gasteiger partial charge in [0, 0.05) is 6.54 Å². The monoisotopic (exact) mass is 444 g/mol. The van der Waals surface area contributed by atoms with Crippen molar-refractivity contribution in [3.63, 3.8) is 0 Å². The number of hydrogen-bond donors (Lipinski definition) is 2. The lowest BCUT2D eigenvalue weighted by Crippen LogP contribution is -2.23. The Labute approximate surface area is 180 Å². The third-order valence-electron chi connectivity index (χ3n) is 4.27. The molecule has 1 amide bonds. The summed E-state index contributed by atoms with van der Waals surface area (Å²) < 4.78 is 33.2. The van der Waals surface area contributed by atoms with Crippen LogP contribution in [-0.2, 0) is 21.4 Å². The van der Waals surface area contributed by atoms with Crippen LogP contribution in [0.2, 0.25) is 5.02 Å². The van der Waals surface area contributed by atoms with E-state index in [0.717, 1.165) is 5.56 Å². The van der Waals surface area contributed by atoms with E-state index in [-0.39, 0.29) is 24.0 Å². The average Bonchev–Trinajstić information content (AvgIpc) is 2.74. The Morgan fingerprint density at radius 1 is 1.00 bits per heavy atom. The van der Waals surface area contributed by atoms with Gasteiger partial charge in [-0.05, 0) is 48.4 Å². The maximum atomic E-state index is 12.5. The van der Waals surface area contributed by atoms with Crippen molar-refractivity contribution in [3.8, 4) is 5.75 Å². The Hall–Kier alpha value is -2.87. The maximum Gasteiger partial charge on any atom is 0.262 e. The van der Waals surface area contributed by atoms with Crippen molar-refractivity contribution in [2.45, 2.75) is 18.4 Å². The predicted octanol–water partition coefficient (Wildman–Crippen LogP) is 4.14. The number of para-hydroxylation sites is 1. The van der Waals surface area contributed by atoms with Gasteiger partial charge in [-0.3, -0.25) is 4.79 Å². The molecule has 156 valence electrons. The fraction of sp³-hybridized carbons (Fsp3) is 0.136. The molecule has 0 heterocycles. The number of anilines is 1. The summed E-state index contributed by atoms with van der Waals surface area (Å²) in [4.78, 5) is 12.2. The molecule has 0 radical (unpaired) electrons. The lowest BCUT2D eigenvalue weighted by atomic mass is 10.2. The Bertz CT molecular complexity index is 1130. The topological polar surface area (TPSA) is 84.5 Å². The lowest BCUT2D eigenvalue weighted by molar-refractivity contribution is -0.118. The zero-order valence-corrected chi connectivity index (χ0v) is 17.8. The molecular formula is C22H21ClN2O4S. The molecule has 30 heavy (non-hydrogen) atoms. The second-order valence-corrected chi connectivity index (χ2v) is 8.73. The van der Waals surface area contributed by atoms with Crippen molar-refractivity contribution < 1.29 is 17.9 Å². The fourth-order valence-corrected chi connectivity index (χ4v) is 3.99. The van der Waals surface area contributed by atoms with Gasteiger partial charge in [0.1, 0.15) is 5.75 Å². The lowest BCUT2D eigenvalue weighted by Gasteiger charge is -2.12. The first-order valence-corrected chi connectivity index (χ1v) is 11.0. The molecule has 8 heteroatoms. The molecule has 0 atom stereocenters. The van der Waals surface area contributed by atoms with Crippen LogP contribution >= 0.6 is 11.6 Å². The van der Waals surface area contributed by atoms with Gasteiger partial charge in [-0.15, -0.1) is 0 Å². The number of carbonyl (C=O) groups excluding carboxylic acids is 1. The summed E-state index contributed by atoms with van der Waals surface area (Å²) in [5.74, 6) is 0.0510. The van der Waals surface area contributed by atoms with Crippen molar-refractivity contribution in [2.24, 2.45) is 0 Å². The summed E-state index contributed by atoms with van der Waals surface area (Å²) in [5, 5.41) is 3.10. The first-order chi connectivity index (χ1) is 14.3. The van der Waals surface area contributed by atoms with E-state index in [1.807, 2.05) is 30.3 Å². The van der Waals surface area contributed by atoms with E-state index in [0.29, 0.717) is 22.0 Å². The number of benzene rings is 3. The second kappa shape index (κ2) is 9.75. The van der Waals surface area contributed by atoms with Crippen LogP contribution in [0, 0.1) is 6.92 Å². The normalized spacial score (nSPS) is 11.1. The van der Waals surface area contributed by atoms with E-state index in [1.165, 1.54) is 18.2 Å². The zero-order chi connectivity index (χ0) is 21.6. The van der Waals surface area contributed by atoms with E-state index in [9.17, 15) is 13.2 Å². The molecule has 3 aromatic carbocycles. The Morgan fingerprint density at radius 3 is 2.40 bits per heavy atom. The summed E-state index contributed by atoms with van der Waals surface area (Å²) in [5.41, 5.74) is 1.96. The third kappa shape index (κ3) is 5.82. The first kappa shape index (κ1) is 21.8. The summed E-state index contributed by atoms with van der Waals surface area (Å²) >= 11 is 6.02. The smallest absolute Gasteiger partial charge is 0.262 e. The zero-order valence-electron chi connectivity index (χ0n) is 16.3. The number of sulfonamides is 1. The highest BCUT2D eigenvalue weighted by Gasteiger charge is 2.16. The highest BCUT2D eigenvalue weighted by Crippen LogP contribution is 2.23. The van der Waals surface area contributed by atoms with E-state index < -0.39 is 10.0 Å². The largest absolute Gasteiger partial charge is 0.483 e. The number of carbonyl (C=O) groups is 1. The van der Waals surface area contributed by atoms with Crippen molar-refractivity contribution in [1.29, 1.82) is 0 Å². The molecular weight excluding hydrogens is 424 g/mol. The Morgan fingerprint density at radius 2 is 1.70 bits per heavy atom. The van der Waals surface area contributed by atoms with Gasteiger partial charge in [0.15, 0.2) is 6.61 Å². The molecule has 0 saturated heterocycles. The van der Waals surface area contributed by atoms with Crippen LogP contribution in [0.15, 0.2) is 77.7 Å². The molecule has 0 aliphatic carbocycles. The van der Waals surface area contributed by atoms with Gasteiger partial charge in [-0.25, -0.2) is 13.1 Å². The minimum atomic E-state index is -3.67. The Balaban J connectivity index is 1.60. The number of aryl methyl sites for hydroxylation is 1. The van der Waals surface area contributed by atoms with Gasteiger partial charge in [-0.1, -0.05) is 54.1 Å². The summed E-state index contributed by atoms with van der Waals surface area (Å²) in [6.07, 6.45) is 0. The van der Waals surface area contributed by atoms with Gasteiger partial charge < -0.3 is 10.1 Å². The van der Waals surface area contributed by atoms with Crippen LogP contribution in [-0.4, -0.2) is 20.9 Å². The van der Waals surface area contributed by atoms with Crippen LogP contribution in [0.3, 0.4) is 0 Å². The SMILES string of the molecule is Cc1cc(S(=O)(=O)NCc2ccccc2)ccc1OCC(=O)Nc1ccccc1Cl. The number of hydrogen-bond acceptors (Lipinski definition) is 4. The molecule has 3 rings (SSSR count). The highest BCUT2D eigenvalue weighted by atomic mass is 35.5. The molecule has 6 nitrogen and oxygen atoms in total. The van der Waals surface area contributed by atoms with Crippen LogP contribution in [0.4, 0.5) is 5.69 Å². The third-order valence-corrected chi connectivity index (χ3v) is 6.00. The first-order valence-electron chi connectivity index (χ1n) is 9.16. The molecule has 0 bridgehead atoms. The minimum Gasteiger partial charge on any atom is -0.483 e. The molecule has 3 aromatic rings. The second-order valence-electron chi connectivity index (χ2n) is 6.55. The molecule has 0 saturated carbocycles. The average molecular weight is 445 g/mol. The van der Waals surface area contributed by atoms with Gasteiger partial charge in [0.2, 0.25) is 10.0 Å². The standard InChI is InChI=1S/C22H21ClN2O4S/c1-16-13-18(30(27,28)24-14-17-7-3-2-4-8-17)11-12-21(16)29-15-22(26)25-20-10-6-5-9-19(20)23/h2-13,24H,14-15H2,1H3,(H,25,26). The summed E-state index contributed by atoms with van der Waals surface area (Å²) in [7, 11) is -3.67. The van der Waals surface area contributed by atoms with E-state index in [4.69, 9.17) is 16.3 Å². The van der Waals surface area contributed by atoms with Crippen LogP contribution < -0.4 is 14.8 Å². The number of nitrogens with one attached hydrogen (secondary N) is 2. The van der Waals surface area contributed by atoms with Crippen LogP contribution in [0.1, 0.15) is 11.1 Å². The number of halogens is 1. The maximum absolute atomic E-state index is 12.5. The predicted molar refractivity (Wildman–Crippen MR) is 117 cm³/mol. The van der Waals surface area contributed by atoms with Crippen molar-refractivity contribution in [3.05, 3.63) is 88.9 Å². The van der Waals surface area contributed by atoms with Gasteiger partial charge >= 0.3 is 0 Å². The van der Waals surface area contributed by atoms with Gasteiger partial charge in [0.05, 0.1) is 15.6 Å². The molecule has 0 aliphatic heterocycles.